The van der Waals surface area contributed by atoms with Crippen molar-refractivity contribution in [3.05, 3.63) is 27.7 Å². The topological polar surface area (TPSA) is 21.3 Å². The molecule has 1 N–H and O–H groups in total. The van der Waals surface area contributed by atoms with Gasteiger partial charge >= 0.3 is 0 Å². The Labute approximate surface area is 99.5 Å². The summed E-state index contributed by atoms with van der Waals surface area (Å²) in [6, 6.07) is 3.66. The molecule has 1 unspecified atom stereocenters. The number of benzene rings is 1. The van der Waals surface area contributed by atoms with Gasteiger partial charge in [0.2, 0.25) is 0 Å². The second-order valence-electron chi connectivity index (χ2n) is 3.70. The average Bonchev–Trinajstić information content (AvgIpc) is 2.69. The lowest BCUT2D eigenvalue weighted by Crippen LogP contribution is -2.08. The van der Waals surface area contributed by atoms with Crippen LogP contribution in [0.15, 0.2) is 12.1 Å². The number of methoxy groups -OCH3 is 1. The fourth-order valence-corrected chi connectivity index (χ4v) is 2.61. The Balaban J connectivity index is 2.42. The monoisotopic (exact) mass is 245 g/mol. The zero-order valence-corrected chi connectivity index (χ0v) is 10.0. The van der Waals surface area contributed by atoms with E-state index in [0.717, 1.165) is 30.8 Å². The first kappa shape index (κ1) is 11.1. The highest BCUT2D eigenvalue weighted by Gasteiger charge is 2.22. The SMILES string of the molecule is COc1c(Cl)cc(Cl)cc1C1CCNC1. The lowest BCUT2D eigenvalue weighted by atomic mass is 9.97. The average molecular weight is 246 g/mol. The van der Waals surface area contributed by atoms with Crippen LogP contribution in [0.1, 0.15) is 17.9 Å². The quantitative estimate of drug-likeness (QED) is 0.865. The number of rotatable bonds is 2. The summed E-state index contributed by atoms with van der Waals surface area (Å²) in [5, 5.41) is 4.58. The third-order valence-electron chi connectivity index (χ3n) is 2.74. The second kappa shape index (κ2) is 4.60. The molecule has 0 bridgehead atoms. The minimum Gasteiger partial charge on any atom is -0.495 e. The minimum absolute atomic E-state index is 0.455. The van der Waals surface area contributed by atoms with E-state index in [0.29, 0.717) is 16.0 Å². The molecule has 0 spiro atoms. The van der Waals surface area contributed by atoms with Gasteiger partial charge in [0.25, 0.3) is 0 Å². The van der Waals surface area contributed by atoms with Gasteiger partial charge in [0, 0.05) is 23.0 Å². The number of hydrogen-bond acceptors (Lipinski definition) is 2. The van der Waals surface area contributed by atoms with Gasteiger partial charge < -0.3 is 10.1 Å². The lowest BCUT2D eigenvalue weighted by Gasteiger charge is -2.15. The molecule has 1 heterocycles. The van der Waals surface area contributed by atoms with Crippen molar-refractivity contribution < 1.29 is 4.74 Å². The van der Waals surface area contributed by atoms with Crippen molar-refractivity contribution in [3.8, 4) is 5.75 Å². The fourth-order valence-electron chi connectivity index (χ4n) is 2.02. The van der Waals surface area contributed by atoms with Crippen molar-refractivity contribution in [3.63, 3.8) is 0 Å². The summed E-state index contributed by atoms with van der Waals surface area (Å²) in [5.41, 5.74) is 1.11. The molecule has 1 aliphatic heterocycles. The van der Waals surface area contributed by atoms with Crippen LogP contribution in [0.5, 0.6) is 5.75 Å². The molecular formula is C11H13Cl2NO. The molecule has 82 valence electrons. The van der Waals surface area contributed by atoms with Crippen molar-refractivity contribution >= 4 is 23.2 Å². The normalized spacial score (nSPS) is 20.6. The predicted octanol–water partition coefficient (Wildman–Crippen LogP) is 3.08. The van der Waals surface area contributed by atoms with Gasteiger partial charge in [0.15, 0.2) is 0 Å². The van der Waals surface area contributed by atoms with Crippen LogP contribution in [0.25, 0.3) is 0 Å². The third kappa shape index (κ3) is 2.22. The Morgan fingerprint density at radius 1 is 1.40 bits per heavy atom. The summed E-state index contributed by atoms with van der Waals surface area (Å²) < 4.78 is 5.33. The molecule has 0 saturated carbocycles. The first-order chi connectivity index (χ1) is 7.22. The molecule has 0 amide bonds. The standard InChI is InChI=1S/C11H13Cl2NO/c1-15-11-9(7-2-3-14-6-7)4-8(12)5-10(11)13/h4-5,7,14H,2-3,6H2,1H3. The zero-order valence-electron chi connectivity index (χ0n) is 8.52. The maximum absolute atomic E-state index is 6.08. The number of nitrogens with one attached hydrogen (secondary N) is 1. The van der Waals surface area contributed by atoms with Crippen LogP contribution in [-0.2, 0) is 0 Å². The van der Waals surface area contributed by atoms with Crippen LogP contribution >= 0.6 is 23.2 Å². The van der Waals surface area contributed by atoms with Crippen molar-refractivity contribution in [2.45, 2.75) is 12.3 Å². The summed E-state index contributed by atoms with van der Waals surface area (Å²) in [6.07, 6.45) is 1.10. The highest BCUT2D eigenvalue weighted by atomic mass is 35.5. The van der Waals surface area contributed by atoms with E-state index >= 15 is 0 Å². The van der Waals surface area contributed by atoms with Crippen LogP contribution in [0.3, 0.4) is 0 Å². The van der Waals surface area contributed by atoms with Crippen molar-refractivity contribution in [1.29, 1.82) is 0 Å². The molecular weight excluding hydrogens is 233 g/mol. The van der Waals surface area contributed by atoms with Crippen LogP contribution in [0.2, 0.25) is 10.0 Å². The van der Waals surface area contributed by atoms with Crippen LogP contribution in [0.4, 0.5) is 0 Å². The highest BCUT2D eigenvalue weighted by Crippen LogP contribution is 2.38. The molecule has 0 aliphatic carbocycles. The van der Waals surface area contributed by atoms with E-state index in [1.165, 1.54) is 0 Å². The Hall–Kier alpha value is -0.440. The molecule has 1 aliphatic rings. The van der Waals surface area contributed by atoms with Crippen LogP contribution in [-0.4, -0.2) is 20.2 Å². The smallest absolute Gasteiger partial charge is 0.141 e. The van der Waals surface area contributed by atoms with E-state index in [9.17, 15) is 0 Å². The zero-order chi connectivity index (χ0) is 10.8. The predicted molar refractivity (Wildman–Crippen MR) is 63.2 cm³/mol. The van der Waals surface area contributed by atoms with Crippen molar-refractivity contribution in [2.24, 2.45) is 0 Å². The number of hydrogen-bond donors (Lipinski definition) is 1. The molecule has 0 aromatic heterocycles. The molecule has 1 atom stereocenters. The van der Waals surface area contributed by atoms with Gasteiger partial charge in [-0.2, -0.15) is 0 Å². The molecule has 1 aromatic carbocycles. The molecule has 2 nitrogen and oxygen atoms in total. The van der Waals surface area contributed by atoms with E-state index in [1.807, 2.05) is 6.07 Å². The Morgan fingerprint density at radius 2 is 2.20 bits per heavy atom. The van der Waals surface area contributed by atoms with Crippen LogP contribution in [0, 0.1) is 0 Å². The van der Waals surface area contributed by atoms with E-state index in [1.54, 1.807) is 13.2 Å². The minimum atomic E-state index is 0.455. The Bertz CT molecular complexity index is 362. The van der Waals surface area contributed by atoms with Crippen molar-refractivity contribution in [2.75, 3.05) is 20.2 Å². The van der Waals surface area contributed by atoms with E-state index in [2.05, 4.69) is 5.32 Å². The maximum Gasteiger partial charge on any atom is 0.141 e. The van der Waals surface area contributed by atoms with Crippen LogP contribution < -0.4 is 10.1 Å². The first-order valence-corrected chi connectivity index (χ1v) is 5.71. The van der Waals surface area contributed by atoms with E-state index in [-0.39, 0.29) is 0 Å². The lowest BCUT2D eigenvalue weighted by molar-refractivity contribution is 0.406. The maximum atomic E-state index is 6.08. The molecule has 1 saturated heterocycles. The Morgan fingerprint density at radius 3 is 2.80 bits per heavy atom. The molecule has 15 heavy (non-hydrogen) atoms. The van der Waals surface area contributed by atoms with Gasteiger partial charge in [0.05, 0.1) is 12.1 Å². The van der Waals surface area contributed by atoms with Crippen molar-refractivity contribution in [1.82, 2.24) is 5.32 Å². The van der Waals surface area contributed by atoms with Gasteiger partial charge in [-0.25, -0.2) is 0 Å². The summed E-state index contributed by atoms with van der Waals surface area (Å²) >= 11 is 12.1. The number of halogens is 2. The summed E-state index contributed by atoms with van der Waals surface area (Å²) in [5.74, 6) is 1.21. The Kier molecular flexibility index (Phi) is 3.39. The molecule has 1 fully saturated rings. The van der Waals surface area contributed by atoms with Gasteiger partial charge in [0.1, 0.15) is 5.75 Å². The van der Waals surface area contributed by atoms with Gasteiger partial charge in [-0.1, -0.05) is 23.2 Å². The number of ether oxygens (including phenoxy) is 1. The molecule has 1 aromatic rings. The second-order valence-corrected chi connectivity index (χ2v) is 4.54. The van der Waals surface area contributed by atoms with Gasteiger partial charge in [-0.05, 0) is 25.1 Å². The van der Waals surface area contributed by atoms with E-state index < -0.39 is 0 Å². The molecule has 4 heteroatoms. The summed E-state index contributed by atoms with van der Waals surface area (Å²) in [4.78, 5) is 0. The largest absolute Gasteiger partial charge is 0.495 e. The fraction of sp³-hybridized carbons (Fsp3) is 0.455. The highest BCUT2D eigenvalue weighted by molar-refractivity contribution is 6.35. The molecule has 2 rings (SSSR count). The molecule has 0 radical (unpaired) electrons. The van der Waals surface area contributed by atoms with Gasteiger partial charge in [-0.3, -0.25) is 0 Å². The third-order valence-corrected chi connectivity index (χ3v) is 3.24. The first-order valence-electron chi connectivity index (χ1n) is 4.96. The van der Waals surface area contributed by atoms with E-state index in [4.69, 9.17) is 27.9 Å². The summed E-state index contributed by atoms with van der Waals surface area (Å²) in [7, 11) is 1.64. The van der Waals surface area contributed by atoms with Gasteiger partial charge in [-0.15, -0.1) is 0 Å². The summed E-state index contributed by atoms with van der Waals surface area (Å²) in [6.45, 7) is 2.00.